The molecule has 0 aromatic carbocycles. The summed E-state index contributed by atoms with van der Waals surface area (Å²) in [6, 6.07) is 0. The van der Waals surface area contributed by atoms with E-state index < -0.39 is 13.1 Å². The van der Waals surface area contributed by atoms with Gasteiger partial charge in [-0.3, -0.25) is 0 Å². The van der Waals surface area contributed by atoms with Gasteiger partial charge in [-0.25, -0.2) is 0 Å². The van der Waals surface area contributed by atoms with Crippen LogP contribution in [0.15, 0.2) is 0 Å². The van der Waals surface area contributed by atoms with Crippen molar-refractivity contribution in [3.05, 3.63) is 0 Å². The molecule has 0 aliphatic rings. The summed E-state index contributed by atoms with van der Waals surface area (Å²) < 4.78 is 0. The van der Waals surface area contributed by atoms with Gasteiger partial charge in [-0.05, 0) is 0 Å². The third-order valence-electron chi connectivity index (χ3n) is 0. The maximum atomic E-state index is 3.30. The molecule has 0 spiro atoms. The van der Waals surface area contributed by atoms with E-state index in [9.17, 15) is 0 Å². The molecule has 0 nitrogen and oxygen atoms in total. The molecular weight excluding hydrogens is 358 g/mol. The van der Waals surface area contributed by atoms with Crippen LogP contribution in [0.1, 0.15) is 0 Å². The van der Waals surface area contributed by atoms with Gasteiger partial charge in [0.1, 0.15) is 0 Å². The zero-order chi connectivity index (χ0) is 3.58. The Labute approximate surface area is 50.3 Å². The van der Waals surface area contributed by atoms with Crippen molar-refractivity contribution in [2.75, 3.05) is 0 Å². The summed E-state index contributed by atoms with van der Waals surface area (Å²) in [7, 11) is 0. The molecule has 0 fully saturated rings. The summed E-state index contributed by atoms with van der Waals surface area (Å²) in [5.41, 5.74) is 0. The number of hydrogen-bond donors (Lipinski definition) is 0. The molecule has 0 N–H and O–H groups in total. The van der Waals surface area contributed by atoms with Crippen molar-refractivity contribution in [3.8, 4) is 0 Å². The van der Waals surface area contributed by atoms with Crippen molar-refractivity contribution < 1.29 is 0 Å². The van der Waals surface area contributed by atoms with Gasteiger partial charge in [0.25, 0.3) is 0 Å². The Morgan fingerprint density at radius 2 is 1.00 bits per heavy atom. The Morgan fingerprint density at radius 1 is 1.00 bits per heavy atom. The fourth-order valence-electron chi connectivity index (χ4n) is 0. The van der Waals surface area contributed by atoms with E-state index in [1.165, 1.54) is 0 Å². The Bertz CT molecular complexity index is 8.00. The van der Waals surface area contributed by atoms with E-state index in [-0.39, 0.29) is 0 Å². The van der Waals surface area contributed by atoms with Crippen LogP contribution in [-0.2, 0) is 0 Å². The third kappa shape index (κ3) is 8.87. The zero-order valence-corrected chi connectivity index (χ0v) is 9.25. The minimum atomic E-state index is -1.11. The van der Waals surface area contributed by atoms with Gasteiger partial charge in [0.15, 0.2) is 0 Å². The molecular formula is Br3Sn-. The van der Waals surface area contributed by atoms with Crippen LogP contribution in [0.4, 0.5) is 0 Å². The first-order valence-electron chi connectivity index (χ1n) is 0.567. The van der Waals surface area contributed by atoms with Crippen molar-refractivity contribution in [2.24, 2.45) is 0 Å². The first-order valence-corrected chi connectivity index (χ1v) is 19.8. The molecule has 0 aliphatic carbocycles. The summed E-state index contributed by atoms with van der Waals surface area (Å²) in [5, 5.41) is 0. The Kier molecular flexibility index (Phi) is 5.35. The predicted molar refractivity (Wildman–Crippen MR) is 32.5 cm³/mol. The fourth-order valence-corrected chi connectivity index (χ4v) is 0. The normalized spacial score (nSPS) is 9.00. The van der Waals surface area contributed by atoms with Crippen LogP contribution < -0.4 is 0 Å². The van der Waals surface area contributed by atoms with E-state index in [0.717, 1.165) is 0 Å². The fraction of sp³-hybridized carbons (Fsp3) is 0. The molecule has 0 rings (SSSR count). The van der Waals surface area contributed by atoms with Crippen LogP contribution in [0.3, 0.4) is 0 Å². The van der Waals surface area contributed by atoms with E-state index in [1.807, 2.05) is 0 Å². The van der Waals surface area contributed by atoms with Crippen molar-refractivity contribution in [1.29, 1.82) is 0 Å². The van der Waals surface area contributed by atoms with Gasteiger partial charge in [0, 0.05) is 0 Å². The van der Waals surface area contributed by atoms with Crippen molar-refractivity contribution in [1.82, 2.24) is 0 Å². The number of halogens is 3. The second-order valence-electron chi connectivity index (χ2n) is 0.214. The zero-order valence-electron chi connectivity index (χ0n) is 1.63. The Morgan fingerprint density at radius 3 is 1.00 bits per heavy atom. The summed E-state index contributed by atoms with van der Waals surface area (Å²) >= 11 is 8.80. The molecule has 4 heavy (non-hydrogen) atoms. The van der Waals surface area contributed by atoms with Gasteiger partial charge in [0.05, 0.1) is 0 Å². The molecule has 0 unspecified atom stereocenters. The van der Waals surface area contributed by atoms with Gasteiger partial charge in [-0.1, -0.05) is 0 Å². The molecule has 0 aliphatic heterocycles. The first kappa shape index (κ1) is 6.24. The molecule has 0 radical (unpaired) electrons. The van der Waals surface area contributed by atoms with Gasteiger partial charge in [0.2, 0.25) is 0 Å². The SMILES string of the molecule is [Br][Sn-]([Br])[Br]. The van der Waals surface area contributed by atoms with E-state index >= 15 is 0 Å². The molecule has 0 amide bonds. The molecule has 0 saturated carbocycles. The third-order valence-corrected chi connectivity index (χ3v) is 0. The number of rotatable bonds is 0. The summed E-state index contributed by atoms with van der Waals surface area (Å²) in [6.07, 6.45) is 0. The molecule has 4 heteroatoms. The summed E-state index contributed by atoms with van der Waals surface area (Å²) in [5.74, 6) is 0. The molecule has 0 saturated heterocycles. The van der Waals surface area contributed by atoms with Crippen molar-refractivity contribution in [3.63, 3.8) is 0 Å². The van der Waals surface area contributed by atoms with Crippen LogP contribution in [0, 0.1) is 0 Å². The topological polar surface area (TPSA) is 0 Å². The van der Waals surface area contributed by atoms with Crippen LogP contribution in [0.5, 0.6) is 0 Å². The molecule has 0 aromatic heterocycles. The second-order valence-corrected chi connectivity index (χ2v) is 38.8. The molecule has 0 heterocycles. The Balaban J connectivity index is 2.32. The summed E-state index contributed by atoms with van der Waals surface area (Å²) in [6.45, 7) is 0. The standard InChI is InChI=1S/3BrH.Sn/h3*1H;/q;;;+2/p-3. The van der Waals surface area contributed by atoms with E-state index in [2.05, 4.69) is 38.1 Å². The van der Waals surface area contributed by atoms with Gasteiger partial charge < -0.3 is 0 Å². The summed E-state index contributed by atoms with van der Waals surface area (Å²) in [4.78, 5) is 0. The van der Waals surface area contributed by atoms with Gasteiger partial charge >= 0.3 is 51.2 Å². The average Bonchev–Trinajstić information content (AvgIpc) is 0.811. The predicted octanol–water partition coefficient (Wildman–Crippen LogP) is 2.16. The molecule has 0 atom stereocenters. The van der Waals surface area contributed by atoms with Crippen molar-refractivity contribution >= 4 is 51.2 Å². The maximum absolute atomic E-state index is 3.30. The van der Waals surface area contributed by atoms with E-state index in [1.54, 1.807) is 0 Å². The van der Waals surface area contributed by atoms with E-state index in [4.69, 9.17) is 0 Å². The number of hydrogen-bond acceptors (Lipinski definition) is 0. The van der Waals surface area contributed by atoms with Gasteiger partial charge in [-0.15, -0.1) is 0 Å². The van der Waals surface area contributed by atoms with Crippen LogP contribution in [-0.4, -0.2) is 13.1 Å². The Hall–Kier alpha value is 2.24. The van der Waals surface area contributed by atoms with Crippen LogP contribution in [0.2, 0.25) is 0 Å². The average molecular weight is 358 g/mol. The van der Waals surface area contributed by atoms with Crippen LogP contribution >= 0.6 is 38.1 Å². The first-order chi connectivity index (χ1) is 1.73. The van der Waals surface area contributed by atoms with E-state index in [0.29, 0.717) is 0 Å². The monoisotopic (exact) mass is 357 g/mol. The quantitative estimate of drug-likeness (QED) is 0.582. The van der Waals surface area contributed by atoms with Gasteiger partial charge in [-0.2, -0.15) is 0 Å². The molecule has 0 bridgehead atoms. The van der Waals surface area contributed by atoms with Crippen molar-refractivity contribution in [2.45, 2.75) is 0 Å². The molecule has 0 aromatic rings. The second kappa shape index (κ2) is 3.43. The van der Waals surface area contributed by atoms with Crippen LogP contribution in [0.25, 0.3) is 0 Å². The molecule has 26 valence electrons. The minimum absolute atomic E-state index is 1.11.